The lowest BCUT2D eigenvalue weighted by Crippen LogP contribution is -2.03. The molecule has 1 aromatic carbocycles. The molecule has 0 unspecified atom stereocenters. The summed E-state index contributed by atoms with van der Waals surface area (Å²) < 4.78 is 29.3. The van der Waals surface area contributed by atoms with Crippen LogP contribution in [0.25, 0.3) is 11.0 Å². The second kappa shape index (κ2) is 5.24. The van der Waals surface area contributed by atoms with Crippen molar-refractivity contribution in [1.29, 1.82) is 0 Å². The Morgan fingerprint density at radius 1 is 1.30 bits per heavy atom. The predicted molar refractivity (Wildman–Crippen MR) is 73.8 cm³/mol. The van der Waals surface area contributed by atoms with E-state index < -0.39 is 6.55 Å². The SMILES string of the molecule is Cn1ccnc1SCc1nc2ccccc2n1C(F)F. The van der Waals surface area contributed by atoms with E-state index in [2.05, 4.69) is 9.97 Å². The number of para-hydroxylation sites is 2. The Morgan fingerprint density at radius 3 is 2.80 bits per heavy atom. The van der Waals surface area contributed by atoms with E-state index in [0.717, 1.165) is 9.72 Å². The number of thioether (sulfide) groups is 1. The molecule has 0 saturated carbocycles. The van der Waals surface area contributed by atoms with Crippen LogP contribution in [0.5, 0.6) is 0 Å². The highest BCUT2D eigenvalue weighted by Gasteiger charge is 2.17. The van der Waals surface area contributed by atoms with Gasteiger partial charge < -0.3 is 4.57 Å². The molecule has 0 radical (unpaired) electrons. The summed E-state index contributed by atoms with van der Waals surface area (Å²) in [7, 11) is 1.87. The molecule has 0 spiro atoms. The van der Waals surface area contributed by atoms with Gasteiger partial charge in [-0.15, -0.1) is 0 Å². The van der Waals surface area contributed by atoms with E-state index in [1.807, 2.05) is 17.8 Å². The number of alkyl halides is 2. The van der Waals surface area contributed by atoms with Crippen LogP contribution in [0.2, 0.25) is 0 Å². The zero-order valence-electron chi connectivity index (χ0n) is 10.7. The van der Waals surface area contributed by atoms with Crippen LogP contribution in [0, 0.1) is 0 Å². The van der Waals surface area contributed by atoms with Crippen molar-refractivity contribution in [1.82, 2.24) is 19.1 Å². The minimum atomic E-state index is -2.60. The van der Waals surface area contributed by atoms with Crippen LogP contribution in [0.1, 0.15) is 12.4 Å². The monoisotopic (exact) mass is 294 g/mol. The number of hydrogen-bond acceptors (Lipinski definition) is 3. The summed E-state index contributed by atoms with van der Waals surface area (Å²) in [6.45, 7) is -2.60. The molecule has 0 fully saturated rings. The molecule has 3 rings (SSSR count). The summed E-state index contributed by atoms with van der Waals surface area (Å²) in [6, 6.07) is 6.92. The maximum Gasteiger partial charge on any atom is 0.320 e. The van der Waals surface area contributed by atoms with Gasteiger partial charge in [-0.3, -0.25) is 4.57 Å². The quantitative estimate of drug-likeness (QED) is 0.691. The van der Waals surface area contributed by atoms with Crippen LogP contribution in [0.3, 0.4) is 0 Å². The molecule has 2 heterocycles. The Morgan fingerprint density at radius 2 is 2.10 bits per heavy atom. The Kier molecular flexibility index (Phi) is 3.43. The van der Waals surface area contributed by atoms with Gasteiger partial charge in [-0.1, -0.05) is 23.9 Å². The maximum absolute atomic E-state index is 13.2. The van der Waals surface area contributed by atoms with Gasteiger partial charge in [0.2, 0.25) is 0 Å². The number of aryl methyl sites for hydroxylation is 1. The second-order valence-corrected chi connectivity index (χ2v) is 5.22. The normalized spacial score (nSPS) is 11.6. The first-order chi connectivity index (χ1) is 9.66. The first-order valence-corrected chi connectivity index (χ1v) is 6.99. The Bertz CT molecular complexity index is 735. The third-order valence-electron chi connectivity index (χ3n) is 2.97. The number of fused-ring (bicyclic) bond motifs is 1. The van der Waals surface area contributed by atoms with Crippen molar-refractivity contribution in [3.05, 3.63) is 42.5 Å². The summed E-state index contributed by atoms with van der Waals surface area (Å²) in [6.07, 6.45) is 3.50. The molecule has 4 nitrogen and oxygen atoms in total. The van der Waals surface area contributed by atoms with Crippen LogP contribution in [-0.4, -0.2) is 19.1 Å². The number of nitrogens with zero attached hydrogens (tertiary/aromatic N) is 4. The number of hydrogen-bond donors (Lipinski definition) is 0. The lowest BCUT2D eigenvalue weighted by atomic mass is 10.3. The topological polar surface area (TPSA) is 35.6 Å². The lowest BCUT2D eigenvalue weighted by Gasteiger charge is -2.07. The Balaban J connectivity index is 1.94. The number of imidazole rings is 2. The highest BCUT2D eigenvalue weighted by molar-refractivity contribution is 7.98. The molecule has 0 aliphatic heterocycles. The molecule has 104 valence electrons. The highest BCUT2D eigenvalue weighted by Crippen LogP contribution is 2.27. The third-order valence-corrected chi connectivity index (χ3v) is 4.03. The van der Waals surface area contributed by atoms with Gasteiger partial charge in [0.25, 0.3) is 0 Å². The number of aromatic nitrogens is 4. The molecular weight excluding hydrogens is 282 g/mol. The standard InChI is InChI=1S/C13H12F2N4S/c1-18-7-6-16-13(18)20-8-11-17-9-4-2-3-5-10(9)19(11)12(14)15/h2-7,12H,8H2,1H3. The highest BCUT2D eigenvalue weighted by atomic mass is 32.2. The molecule has 0 amide bonds. The molecule has 0 saturated heterocycles. The van der Waals surface area contributed by atoms with Gasteiger partial charge in [-0.2, -0.15) is 8.78 Å². The zero-order valence-corrected chi connectivity index (χ0v) is 11.5. The van der Waals surface area contributed by atoms with Gasteiger partial charge in [-0.25, -0.2) is 9.97 Å². The summed E-state index contributed by atoms with van der Waals surface area (Å²) in [5, 5.41) is 0.776. The molecule has 0 atom stereocenters. The molecule has 0 N–H and O–H groups in total. The van der Waals surface area contributed by atoms with E-state index in [1.54, 1.807) is 30.5 Å². The van der Waals surface area contributed by atoms with Crippen LogP contribution in [-0.2, 0) is 12.8 Å². The summed E-state index contributed by atoms with van der Waals surface area (Å²) in [5.74, 6) is 0.707. The van der Waals surface area contributed by atoms with Crippen molar-refractivity contribution < 1.29 is 8.78 Å². The second-order valence-electron chi connectivity index (χ2n) is 4.27. The molecule has 0 aliphatic carbocycles. The lowest BCUT2D eigenvalue weighted by molar-refractivity contribution is 0.0722. The first-order valence-electron chi connectivity index (χ1n) is 6.01. The van der Waals surface area contributed by atoms with Gasteiger partial charge >= 0.3 is 6.55 Å². The number of rotatable bonds is 4. The molecule has 0 aliphatic rings. The van der Waals surface area contributed by atoms with Gasteiger partial charge in [0, 0.05) is 19.4 Å². The number of halogens is 2. The van der Waals surface area contributed by atoms with Crippen molar-refractivity contribution >= 4 is 22.8 Å². The van der Waals surface area contributed by atoms with Crippen molar-refractivity contribution in [2.45, 2.75) is 17.5 Å². The minimum Gasteiger partial charge on any atom is -0.329 e. The first kappa shape index (κ1) is 13.1. The summed E-state index contributed by atoms with van der Waals surface area (Å²) in [5.41, 5.74) is 1.04. The molecule has 20 heavy (non-hydrogen) atoms. The van der Waals surface area contributed by atoms with Crippen LogP contribution >= 0.6 is 11.8 Å². The van der Waals surface area contributed by atoms with Crippen LogP contribution in [0.15, 0.2) is 41.8 Å². The van der Waals surface area contributed by atoms with E-state index in [-0.39, 0.29) is 0 Å². The van der Waals surface area contributed by atoms with E-state index in [1.165, 1.54) is 11.8 Å². The molecule has 2 aromatic heterocycles. The van der Waals surface area contributed by atoms with E-state index in [9.17, 15) is 8.78 Å². The summed E-state index contributed by atoms with van der Waals surface area (Å²) >= 11 is 1.39. The zero-order chi connectivity index (χ0) is 14.1. The average Bonchev–Trinajstić information content (AvgIpc) is 2.99. The molecular formula is C13H12F2N4S. The van der Waals surface area contributed by atoms with Gasteiger partial charge in [0.1, 0.15) is 5.82 Å². The molecule has 0 bridgehead atoms. The van der Waals surface area contributed by atoms with Crippen molar-refractivity contribution in [3.8, 4) is 0 Å². The maximum atomic E-state index is 13.2. The van der Waals surface area contributed by atoms with Crippen molar-refractivity contribution in [3.63, 3.8) is 0 Å². The Hall–Kier alpha value is -1.89. The average molecular weight is 294 g/mol. The fourth-order valence-corrected chi connectivity index (χ4v) is 2.90. The Labute approximate surface area is 118 Å². The van der Waals surface area contributed by atoms with E-state index >= 15 is 0 Å². The molecule has 3 aromatic rings. The molecule has 7 heteroatoms. The largest absolute Gasteiger partial charge is 0.329 e. The van der Waals surface area contributed by atoms with E-state index in [0.29, 0.717) is 22.6 Å². The predicted octanol–water partition coefficient (Wildman–Crippen LogP) is 3.46. The smallest absolute Gasteiger partial charge is 0.320 e. The third kappa shape index (κ3) is 2.29. The fourth-order valence-electron chi connectivity index (χ4n) is 2.03. The van der Waals surface area contributed by atoms with Crippen LogP contribution in [0.4, 0.5) is 8.78 Å². The van der Waals surface area contributed by atoms with Gasteiger partial charge in [0.05, 0.1) is 16.8 Å². The van der Waals surface area contributed by atoms with Crippen molar-refractivity contribution in [2.75, 3.05) is 0 Å². The van der Waals surface area contributed by atoms with Crippen LogP contribution < -0.4 is 0 Å². The number of benzene rings is 1. The van der Waals surface area contributed by atoms with Gasteiger partial charge in [0.15, 0.2) is 5.16 Å². The van der Waals surface area contributed by atoms with Gasteiger partial charge in [-0.05, 0) is 12.1 Å². The van der Waals surface area contributed by atoms with Crippen molar-refractivity contribution in [2.24, 2.45) is 7.05 Å². The van der Waals surface area contributed by atoms with E-state index in [4.69, 9.17) is 0 Å². The summed E-state index contributed by atoms with van der Waals surface area (Å²) in [4.78, 5) is 8.45. The fraction of sp³-hybridized carbons (Fsp3) is 0.231. The minimum absolute atomic E-state index is 0.351.